The zero-order valence-electron chi connectivity index (χ0n) is 21.7. The van der Waals surface area contributed by atoms with E-state index in [0.717, 1.165) is 11.4 Å². The van der Waals surface area contributed by atoms with Gasteiger partial charge in [-0.1, -0.05) is 23.7 Å². The molecule has 1 unspecified atom stereocenters. The molecule has 5 rings (SSSR count). The van der Waals surface area contributed by atoms with Crippen LogP contribution in [0.4, 0.5) is 21.5 Å². The lowest BCUT2D eigenvalue weighted by molar-refractivity contribution is -0.122. The van der Waals surface area contributed by atoms with Crippen LogP contribution in [0.15, 0.2) is 71.6 Å². The predicted octanol–water partition coefficient (Wildman–Crippen LogP) is 3.99. The van der Waals surface area contributed by atoms with E-state index in [1.807, 2.05) is 24.3 Å². The first-order valence-corrected chi connectivity index (χ1v) is 14.5. The second-order valence-corrected chi connectivity index (χ2v) is 11.9. The smallest absolute Gasteiger partial charge is 0.243 e. The molecule has 0 aliphatic carbocycles. The van der Waals surface area contributed by atoms with Crippen molar-refractivity contribution in [3.05, 3.63) is 77.6 Å². The first-order chi connectivity index (χ1) is 19.2. The van der Waals surface area contributed by atoms with Crippen LogP contribution < -0.4 is 19.9 Å². The highest BCUT2D eigenvalue weighted by atomic mass is 35.5. The van der Waals surface area contributed by atoms with Crippen molar-refractivity contribution < 1.29 is 27.1 Å². The molecule has 0 spiro atoms. The Morgan fingerprint density at radius 2 is 1.73 bits per heavy atom. The minimum absolute atomic E-state index is 0.00583. The van der Waals surface area contributed by atoms with Gasteiger partial charge in [-0.3, -0.25) is 9.59 Å². The van der Waals surface area contributed by atoms with Crippen LogP contribution >= 0.6 is 11.6 Å². The summed E-state index contributed by atoms with van der Waals surface area (Å²) in [4.78, 5) is 29.0. The maximum atomic E-state index is 13.5. The maximum absolute atomic E-state index is 13.5. The average molecular weight is 587 g/mol. The van der Waals surface area contributed by atoms with Crippen LogP contribution in [0, 0.1) is 11.7 Å². The van der Waals surface area contributed by atoms with Crippen LogP contribution in [-0.2, 0) is 19.6 Å². The Morgan fingerprint density at radius 1 is 1.02 bits per heavy atom. The summed E-state index contributed by atoms with van der Waals surface area (Å²) in [6.45, 7) is 1.82. The van der Waals surface area contributed by atoms with Crippen molar-refractivity contribution in [1.82, 2.24) is 4.31 Å². The highest BCUT2D eigenvalue weighted by molar-refractivity contribution is 7.89. The zero-order valence-corrected chi connectivity index (χ0v) is 23.3. The van der Waals surface area contributed by atoms with Crippen LogP contribution in [0.5, 0.6) is 5.75 Å². The van der Waals surface area contributed by atoms with E-state index in [-0.39, 0.29) is 34.7 Å². The summed E-state index contributed by atoms with van der Waals surface area (Å²) >= 11 is 5.84. The quantitative estimate of drug-likeness (QED) is 0.449. The third-order valence-electron chi connectivity index (χ3n) is 7.13. The fraction of sp³-hybridized carbons (Fsp3) is 0.286. The molecular weight excluding hydrogens is 559 g/mol. The highest BCUT2D eigenvalue weighted by Crippen LogP contribution is 2.31. The number of rotatable bonds is 7. The second-order valence-electron chi connectivity index (χ2n) is 9.58. The number of carbonyl (C=O) groups is 2. The first-order valence-electron chi connectivity index (χ1n) is 12.7. The number of carbonyl (C=O) groups excluding carboxylic acids is 2. The molecule has 2 fully saturated rings. The van der Waals surface area contributed by atoms with Gasteiger partial charge in [-0.25, -0.2) is 12.8 Å². The number of methoxy groups -OCH3 is 1. The molecule has 2 saturated heterocycles. The van der Waals surface area contributed by atoms with Gasteiger partial charge in [0.1, 0.15) is 11.6 Å². The van der Waals surface area contributed by atoms with Crippen LogP contribution in [0.2, 0.25) is 5.02 Å². The Morgan fingerprint density at radius 3 is 2.40 bits per heavy atom. The van der Waals surface area contributed by atoms with Gasteiger partial charge in [0.15, 0.2) is 0 Å². The number of anilines is 3. The van der Waals surface area contributed by atoms with E-state index in [1.165, 1.54) is 51.7 Å². The molecule has 1 atom stereocenters. The number of nitrogens with zero attached hydrogens (tertiary/aromatic N) is 3. The molecule has 0 radical (unpaired) electrons. The molecule has 0 bridgehead atoms. The summed E-state index contributed by atoms with van der Waals surface area (Å²) in [6.07, 6.45) is -0.00583. The molecule has 3 aromatic carbocycles. The van der Waals surface area contributed by atoms with E-state index < -0.39 is 21.8 Å². The first kappa shape index (κ1) is 27.9. The summed E-state index contributed by atoms with van der Waals surface area (Å²) in [6, 6.07) is 17.6. The van der Waals surface area contributed by atoms with E-state index in [4.69, 9.17) is 16.3 Å². The molecule has 1 N–H and O–H groups in total. The average Bonchev–Trinajstić information content (AvgIpc) is 3.36. The van der Waals surface area contributed by atoms with Gasteiger partial charge in [0, 0.05) is 50.5 Å². The van der Waals surface area contributed by atoms with Crippen molar-refractivity contribution in [3.63, 3.8) is 0 Å². The second kappa shape index (κ2) is 11.4. The van der Waals surface area contributed by atoms with Gasteiger partial charge >= 0.3 is 0 Å². The minimum Gasteiger partial charge on any atom is -0.495 e. The molecule has 12 heteroatoms. The van der Waals surface area contributed by atoms with Gasteiger partial charge in [0.25, 0.3) is 0 Å². The number of sulfonamides is 1. The summed E-state index contributed by atoms with van der Waals surface area (Å²) in [5, 5.41) is 2.65. The number of amides is 2. The Hall–Kier alpha value is -3.67. The third kappa shape index (κ3) is 5.63. The van der Waals surface area contributed by atoms with E-state index in [9.17, 15) is 22.4 Å². The summed E-state index contributed by atoms with van der Waals surface area (Å²) in [7, 11) is -2.11. The number of hydrogen-bond donors (Lipinski definition) is 1. The summed E-state index contributed by atoms with van der Waals surface area (Å²) in [5.41, 5.74) is 1.77. The Labute approximate surface area is 237 Å². The summed E-state index contributed by atoms with van der Waals surface area (Å²) < 4.78 is 46.9. The van der Waals surface area contributed by atoms with Gasteiger partial charge in [-0.15, -0.1) is 0 Å². The molecule has 40 heavy (non-hydrogen) atoms. The molecule has 210 valence electrons. The zero-order chi connectivity index (χ0) is 28.4. The lowest BCUT2D eigenvalue weighted by Gasteiger charge is -2.35. The van der Waals surface area contributed by atoms with E-state index >= 15 is 0 Å². The van der Waals surface area contributed by atoms with E-state index in [1.54, 1.807) is 7.11 Å². The molecule has 2 aliphatic rings. The standard InChI is InChI=1S/C28H28ClFN4O5S/c1-39-26-5-3-2-4-25(26)32-12-14-33(15-13-32)40(37,38)22-9-6-20(7-10-22)31-28(36)19-16-27(35)34(18-19)21-8-11-24(30)23(29)17-21/h2-11,17,19H,12-16,18H2,1H3,(H,31,36). The van der Waals surface area contributed by atoms with Crippen molar-refractivity contribution in [2.24, 2.45) is 5.92 Å². The predicted molar refractivity (Wildman–Crippen MR) is 151 cm³/mol. The van der Waals surface area contributed by atoms with Crippen molar-refractivity contribution in [1.29, 1.82) is 0 Å². The summed E-state index contributed by atoms with van der Waals surface area (Å²) in [5.74, 6) is -1.11. The molecule has 2 heterocycles. The van der Waals surface area contributed by atoms with Crippen molar-refractivity contribution >= 4 is 50.5 Å². The molecular formula is C28H28ClFN4O5S. The van der Waals surface area contributed by atoms with Crippen molar-refractivity contribution in [2.75, 3.05) is 55.0 Å². The largest absolute Gasteiger partial charge is 0.495 e. The number of hydrogen-bond acceptors (Lipinski definition) is 6. The molecule has 0 aromatic heterocycles. The molecule has 2 aliphatic heterocycles. The lowest BCUT2D eigenvalue weighted by atomic mass is 10.1. The number of ether oxygens (including phenoxy) is 1. The van der Waals surface area contributed by atoms with Gasteiger partial charge in [0.05, 0.1) is 28.6 Å². The highest BCUT2D eigenvalue weighted by Gasteiger charge is 2.35. The van der Waals surface area contributed by atoms with Gasteiger partial charge in [-0.05, 0) is 54.6 Å². The minimum atomic E-state index is -3.72. The Kier molecular flexibility index (Phi) is 7.97. The molecule has 9 nitrogen and oxygen atoms in total. The fourth-order valence-corrected chi connectivity index (χ4v) is 6.55. The number of piperazine rings is 1. The normalized spacial score (nSPS) is 18.2. The van der Waals surface area contributed by atoms with Gasteiger partial charge < -0.3 is 19.9 Å². The Bertz CT molecular complexity index is 1530. The van der Waals surface area contributed by atoms with Gasteiger partial charge in [-0.2, -0.15) is 4.31 Å². The van der Waals surface area contributed by atoms with Crippen molar-refractivity contribution in [3.8, 4) is 5.75 Å². The SMILES string of the molecule is COc1ccccc1N1CCN(S(=O)(=O)c2ccc(NC(=O)C3CC(=O)N(c4ccc(F)c(Cl)c4)C3)cc2)CC1. The van der Waals surface area contributed by atoms with E-state index in [2.05, 4.69) is 10.2 Å². The van der Waals surface area contributed by atoms with Gasteiger partial charge in [0.2, 0.25) is 21.8 Å². The number of para-hydroxylation sites is 2. The monoisotopic (exact) mass is 586 g/mol. The lowest BCUT2D eigenvalue weighted by Crippen LogP contribution is -2.48. The maximum Gasteiger partial charge on any atom is 0.243 e. The third-order valence-corrected chi connectivity index (χ3v) is 9.34. The van der Waals surface area contributed by atoms with Crippen LogP contribution in [0.25, 0.3) is 0 Å². The Balaban J connectivity index is 1.19. The van der Waals surface area contributed by atoms with Crippen LogP contribution in [-0.4, -0.2) is 64.4 Å². The van der Waals surface area contributed by atoms with Crippen LogP contribution in [0.3, 0.4) is 0 Å². The van der Waals surface area contributed by atoms with E-state index in [0.29, 0.717) is 37.6 Å². The fourth-order valence-electron chi connectivity index (χ4n) is 4.95. The number of benzene rings is 3. The van der Waals surface area contributed by atoms with Crippen molar-refractivity contribution in [2.45, 2.75) is 11.3 Å². The molecule has 3 aromatic rings. The number of nitrogens with one attached hydrogen (secondary N) is 1. The number of halogens is 2. The molecule has 0 saturated carbocycles. The topological polar surface area (TPSA) is 99.3 Å². The van der Waals surface area contributed by atoms with Crippen LogP contribution in [0.1, 0.15) is 6.42 Å². The molecule has 2 amide bonds.